The number of aliphatic hydroxyl groups excluding tert-OH is 1. The normalized spacial score (nSPS) is 12.5. The van der Waals surface area contributed by atoms with E-state index in [1.807, 2.05) is 6.08 Å². The first-order valence-electron chi connectivity index (χ1n) is 4.99. The Morgan fingerprint density at radius 1 is 0.846 bits per heavy atom. The van der Waals surface area contributed by atoms with Gasteiger partial charge in [-0.15, -0.1) is 0 Å². The molecular weight excluding hydrogens is 160 g/mol. The van der Waals surface area contributed by atoms with Gasteiger partial charge in [0.25, 0.3) is 0 Å². The predicted molar refractivity (Wildman–Crippen MR) is 58.6 cm³/mol. The first kappa shape index (κ1) is 12.2. The highest BCUT2D eigenvalue weighted by Gasteiger charge is 1.75. The third-order valence-corrected chi connectivity index (χ3v) is 1.61. The van der Waals surface area contributed by atoms with Gasteiger partial charge in [-0.05, 0) is 19.3 Å². The topological polar surface area (TPSA) is 20.2 Å². The molecule has 0 aliphatic carbocycles. The van der Waals surface area contributed by atoms with Crippen molar-refractivity contribution in [3.63, 3.8) is 0 Å². The molecule has 13 heavy (non-hydrogen) atoms. The fourth-order valence-electron chi connectivity index (χ4n) is 0.901. The zero-order valence-electron chi connectivity index (χ0n) is 8.45. The van der Waals surface area contributed by atoms with Crippen LogP contribution in [0.2, 0.25) is 0 Å². The lowest BCUT2D eigenvalue weighted by molar-refractivity contribution is 0.342. The average Bonchev–Trinajstić information content (AvgIpc) is 2.16. The molecule has 0 rings (SSSR count). The van der Waals surface area contributed by atoms with E-state index in [0.717, 1.165) is 19.3 Å². The van der Waals surface area contributed by atoms with Crippen molar-refractivity contribution in [2.75, 3.05) is 6.61 Å². The summed E-state index contributed by atoms with van der Waals surface area (Å²) in [4.78, 5) is 0. The average molecular weight is 180 g/mol. The fourth-order valence-corrected chi connectivity index (χ4v) is 0.901. The van der Waals surface area contributed by atoms with E-state index in [9.17, 15) is 0 Å². The number of unbranched alkanes of at least 4 members (excludes halogenated alkanes) is 2. The predicted octanol–water partition coefficient (Wildman–Crippen LogP) is 3.23. The molecule has 74 valence electrons. The molecule has 0 aliphatic heterocycles. The van der Waals surface area contributed by atoms with E-state index >= 15 is 0 Å². The third kappa shape index (κ3) is 11.2. The SMILES string of the molecule is CCC/C=C/C=C/CC/C=C/CO. The monoisotopic (exact) mass is 180 g/mol. The summed E-state index contributed by atoms with van der Waals surface area (Å²) in [5.41, 5.74) is 0. The van der Waals surface area contributed by atoms with Crippen LogP contribution in [0.25, 0.3) is 0 Å². The smallest absolute Gasteiger partial charge is 0.0612 e. The number of rotatable bonds is 7. The van der Waals surface area contributed by atoms with Gasteiger partial charge in [0, 0.05) is 0 Å². The highest BCUT2D eigenvalue weighted by atomic mass is 16.2. The largest absolute Gasteiger partial charge is 0.392 e. The molecule has 0 aromatic heterocycles. The van der Waals surface area contributed by atoms with Gasteiger partial charge in [0.05, 0.1) is 6.61 Å². The van der Waals surface area contributed by atoms with Gasteiger partial charge in [-0.2, -0.15) is 0 Å². The van der Waals surface area contributed by atoms with Gasteiger partial charge in [0.15, 0.2) is 0 Å². The van der Waals surface area contributed by atoms with E-state index in [2.05, 4.69) is 31.2 Å². The molecule has 1 N–H and O–H groups in total. The summed E-state index contributed by atoms with van der Waals surface area (Å²) in [5.74, 6) is 0. The summed E-state index contributed by atoms with van der Waals surface area (Å²) in [7, 11) is 0. The molecule has 0 saturated carbocycles. The summed E-state index contributed by atoms with van der Waals surface area (Å²) in [5, 5.41) is 8.45. The molecule has 0 unspecified atom stereocenters. The minimum absolute atomic E-state index is 0.153. The van der Waals surface area contributed by atoms with Gasteiger partial charge in [0.2, 0.25) is 0 Å². The van der Waals surface area contributed by atoms with Gasteiger partial charge in [-0.3, -0.25) is 0 Å². The summed E-state index contributed by atoms with van der Waals surface area (Å²) in [6, 6.07) is 0. The third-order valence-electron chi connectivity index (χ3n) is 1.61. The number of hydrogen-bond donors (Lipinski definition) is 1. The molecular formula is C12H20O. The minimum atomic E-state index is 0.153. The summed E-state index contributed by atoms with van der Waals surface area (Å²) >= 11 is 0. The van der Waals surface area contributed by atoms with E-state index in [-0.39, 0.29) is 6.61 Å². The Kier molecular flexibility index (Phi) is 10.5. The second-order valence-electron chi connectivity index (χ2n) is 2.88. The fraction of sp³-hybridized carbons (Fsp3) is 0.500. The van der Waals surface area contributed by atoms with E-state index in [1.54, 1.807) is 6.08 Å². The van der Waals surface area contributed by atoms with Crippen LogP contribution in [0.4, 0.5) is 0 Å². The Balaban J connectivity index is 3.26. The Morgan fingerprint density at radius 3 is 2.08 bits per heavy atom. The highest BCUT2D eigenvalue weighted by Crippen LogP contribution is 1.94. The zero-order valence-corrected chi connectivity index (χ0v) is 8.45. The first-order chi connectivity index (χ1) is 6.41. The zero-order chi connectivity index (χ0) is 9.78. The lowest BCUT2D eigenvalue weighted by atomic mass is 10.2. The Bertz CT molecular complexity index is 166. The maximum Gasteiger partial charge on any atom is 0.0612 e. The molecule has 0 aliphatic rings. The van der Waals surface area contributed by atoms with Crippen LogP contribution in [0, 0.1) is 0 Å². The van der Waals surface area contributed by atoms with Gasteiger partial charge in [-0.1, -0.05) is 49.8 Å². The number of aliphatic hydroxyl groups is 1. The van der Waals surface area contributed by atoms with Gasteiger partial charge >= 0.3 is 0 Å². The van der Waals surface area contributed by atoms with Crippen molar-refractivity contribution in [2.45, 2.75) is 32.6 Å². The van der Waals surface area contributed by atoms with E-state index in [1.165, 1.54) is 6.42 Å². The molecule has 0 aromatic carbocycles. The van der Waals surface area contributed by atoms with Crippen LogP contribution in [-0.4, -0.2) is 11.7 Å². The van der Waals surface area contributed by atoms with Crippen LogP contribution in [0.5, 0.6) is 0 Å². The molecule has 0 bridgehead atoms. The maximum atomic E-state index is 8.45. The lowest BCUT2D eigenvalue weighted by Gasteiger charge is -1.85. The van der Waals surface area contributed by atoms with Gasteiger partial charge in [0.1, 0.15) is 0 Å². The van der Waals surface area contributed by atoms with E-state index < -0.39 is 0 Å². The Labute approximate surface area is 81.5 Å². The van der Waals surface area contributed by atoms with Crippen molar-refractivity contribution in [1.29, 1.82) is 0 Å². The molecule has 0 saturated heterocycles. The van der Waals surface area contributed by atoms with Crippen molar-refractivity contribution in [1.82, 2.24) is 0 Å². The van der Waals surface area contributed by atoms with Crippen LogP contribution in [-0.2, 0) is 0 Å². The molecule has 0 amide bonds. The molecule has 0 fully saturated rings. The Morgan fingerprint density at radius 2 is 1.46 bits per heavy atom. The van der Waals surface area contributed by atoms with Crippen molar-refractivity contribution in [3.05, 3.63) is 36.5 Å². The quantitative estimate of drug-likeness (QED) is 0.362. The van der Waals surface area contributed by atoms with Crippen molar-refractivity contribution >= 4 is 0 Å². The van der Waals surface area contributed by atoms with E-state index in [4.69, 9.17) is 5.11 Å². The first-order valence-corrected chi connectivity index (χ1v) is 4.99. The highest BCUT2D eigenvalue weighted by molar-refractivity contribution is 5.02. The van der Waals surface area contributed by atoms with Gasteiger partial charge < -0.3 is 5.11 Å². The van der Waals surface area contributed by atoms with Crippen LogP contribution < -0.4 is 0 Å². The van der Waals surface area contributed by atoms with Crippen LogP contribution >= 0.6 is 0 Å². The Hall–Kier alpha value is -0.820. The number of hydrogen-bond acceptors (Lipinski definition) is 1. The molecule has 0 atom stereocenters. The van der Waals surface area contributed by atoms with Crippen molar-refractivity contribution in [2.24, 2.45) is 0 Å². The molecule has 0 heterocycles. The van der Waals surface area contributed by atoms with Crippen LogP contribution in [0.1, 0.15) is 32.6 Å². The molecule has 0 aromatic rings. The lowest BCUT2D eigenvalue weighted by Crippen LogP contribution is -1.70. The molecule has 1 heteroatoms. The molecule has 0 radical (unpaired) electrons. The van der Waals surface area contributed by atoms with Crippen molar-refractivity contribution in [3.8, 4) is 0 Å². The van der Waals surface area contributed by atoms with Crippen molar-refractivity contribution < 1.29 is 5.11 Å². The second kappa shape index (κ2) is 11.2. The second-order valence-corrected chi connectivity index (χ2v) is 2.88. The van der Waals surface area contributed by atoms with Gasteiger partial charge in [-0.25, -0.2) is 0 Å². The summed E-state index contributed by atoms with van der Waals surface area (Å²) in [6.07, 6.45) is 16.7. The van der Waals surface area contributed by atoms with Crippen LogP contribution in [0.15, 0.2) is 36.5 Å². The van der Waals surface area contributed by atoms with E-state index in [0.29, 0.717) is 0 Å². The molecule has 1 nitrogen and oxygen atoms in total. The molecule has 0 spiro atoms. The maximum absolute atomic E-state index is 8.45. The standard InChI is InChI=1S/C12H20O/c1-2-3-4-5-6-7-8-9-10-11-12-13/h4-7,10-11,13H,2-3,8-9,12H2,1H3/b5-4+,7-6+,11-10+. The minimum Gasteiger partial charge on any atom is -0.392 e. The summed E-state index contributed by atoms with van der Waals surface area (Å²) < 4.78 is 0. The van der Waals surface area contributed by atoms with Crippen LogP contribution in [0.3, 0.4) is 0 Å². The summed E-state index contributed by atoms with van der Waals surface area (Å²) in [6.45, 7) is 2.33. The number of allylic oxidation sites excluding steroid dienone is 5.